The molecule has 2 heterocycles. The number of carbonyl (C=O) groups excluding carboxylic acids is 2. The summed E-state index contributed by atoms with van der Waals surface area (Å²) in [5.74, 6) is -3.24. The Hall–Kier alpha value is -2.33. The van der Waals surface area contributed by atoms with Gasteiger partial charge in [0.05, 0.1) is 0 Å². The van der Waals surface area contributed by atoms with Crippen LogP contribution in [0.25, 0.3) is 0 Å². The number of nitrogens with one attached hydrogen (secondary N) is 3. The third-order valence-corrected chi connectivity index (χ3v) is 4.04. The number of carbonyl (C=O) groups is 2. The van der Waals surface area contributed by atoms with Crippen molar-refractivity contribution in [3.8, 4) is 0 Å². The number of nitrogens with zero attached hydrogens (tertiary/aromatic N) is 2. The first kappa shape index (κ1) is 23.0. The monoisotopic (exact) mass is 428 g/mol. The summed E-state index contributed by atoms with van der Waals surface area (Å²) in [5, 5.41) is 11.8. The average molecular weight is 429 g/mol. The third-order valence-electron chi connectivity index (χ3n) is 3.82. The van der Waals surface area contributed by atoms with Crippen molar-refractivity contribution < 1.29 is 18.4 Å². The second kappa shape index (κ2) is 9.93. The van der Waals surface area contributed by atoms with Crippen molar-refractivity contribution in [2.24, 2.45) is 0 Å². The summed E-state index contributed by atoms with van der Waals surface area (Å²) < 4.78 is 26.6. The van der Waals surface area contributed by atoms with Crippen LogP contribution in [0, 0.1) is 18.6 Å². The molecule has 2 aromatic heterocycles. The first-order valence-corrected chi connectivity index (χ1v) is 8.42. The first-order valence-electron chi connectivity index (χ1n) is 8.04. The van der Waals surface area contributed by atoms with Crippen molar-refractivity contribution >= 4 is 58.8 Å². The second-order valence-electron chi connectivity index (χ2n) is 5.87. The van der Waals surface area contributed by atoms with Gasteiger partial charge in [-0.1, -0.05) is 17.7 Å². The van der Waals surface area contributed by atoms with E-state index in [1.165, 1.54) is 19.2 Å². The van der Waals surface area contributed by atoms with Crippen LogP contribution in [-0.2, 0) is 6.54 Å². The maximum Gasteiger partial charge on any atom is 0.269 e. The number of halogens is 3. The molecule has 1 radical (unpaired) electrons. The Labute approximate surface area is 191 Å². The predicted octanol–water partition coefficient (Wildman–Crippen LogP) is 2.85. The minimum absolute atomic E-state index is 0. The molecule has 145 valence electrons. The van der Waals surface area contributed by atoms with Crippen molar-refractivity contribution in [2.75, 3.05) is 5.32 Å². The molecule has 3 rings (SSSR count). The van der Waals surface area contributed by atoms with E-state index in [0.717, 1.165) is 17.7 Å². The number of aromatic amines is 1. The van der Waals surface area contributed by atoms with E-state index in [1.54, 1.807) is 12.1 Å². The van der Waals surface area contributed by atoms with Crippen molar-refractivity contribution in [2.45, 2.75) is 13.5 Å². The summed E-state index contributed by atoms with van der Waals surface area (Å²) in [6, 6.07) is 6.38. The van der Waals surface area contributed by atoms with Crippen molar-refractivity contribution in [3.05, 3.63) is 75.7 Å². The minimum atomic E-state index is -1.13. The maximum atomic E-state index is 13.4. The molecular weight excluding hydrogens is 415 g/mol. The number of H-pyrrole nitrogens is 1. The van der Waals surface area contributed by atoms with E-state index in [4.69, 9.17) is 11.6 Å². The van der Waals surface area contributed by atoms with Gasteiger partial charge >= 0.3 is 0 Å². The van der Waals surface area contributed by atoms with E-state index in [0.29, 0.717) is 5.15 Å². The fourth-order valence-electron chi connectivity index (χ4n) is 2.37. The van der Waals surface area contributed by atoms with E-state index in [1.807, 2.05) is 0 Å². The normalized spacial score (nSPS) is 10.2. The number of rotatable bonds is 5. The van der Waals surface area contributed by atoms with Gasteiger partial charge in [0, 0.05) is 53.9 Å². The summed E-state index contributed by atoms with van der Waals surface area (Å²) in [6.45, 7) is 1.70. The van der Waals surface area contributed by atoms with Crippen molar-refractivity contribution in [3.63, 3.8) is 0 Å². The van der Waals surface area contributed by atoms with Gasteiger partial charge in [-0.25, -0.2) is 13.8 Å². The van der Waals surface area contributed by atoms with Crippen LogP contribution in [0.5, 0.6) is 0 Å². The third kappa shape index (κ3) is 5.83. The largest absolute Gasteiger partial charge is 0.347 e. The van der Waals surface area contributed by atoms with Gasteiger partial charge < -0.3 is 10.6 Å². The molecule has 0 aliphatic rings. The minimum Gasteiger partial charge on any atom is -0.347 e. The molecule has 7 nitrogen and oxygen atoms in total. The molecule has 0 saturated carbocycles. The number of amides is 2. The Kier molecular flexibility index (Phi) is 7.86. The van der Waals surface area contributed by atoms with Crippen LogP contribution in [0.3, 0.4) is 0 Å². The maximum absolute atomic E-state index is 13.4. The molecule has 0 bridgehead atoms. The van der Waals surface area contributed by atoms with Crippen LogP contribution in [0.15, 0.2) is 36.5 Å². The molecule has 0 spiro atoms. The zero-order valence-corrected chi connectivity index (χ0v) is 18.3. The van der Waals surface area contributed by atoms with Gasteiger partial charge in [-0.05, 0) is 36.2 Å². The van der Waals surface area contributed by atoms with Crippen LogP contribution in [0.4, 0.5) is 14.6 Å². The molecule has 3 aromatic rings. The molecule has 0 saturated heterocycles. The van der Waals surface area contributed by atoms with Gasteiger partial charge in [0.2, 0.25) is 0 Å². The molecule has 29 heavy (non-hydrogen) atoms. The molecule has 3 N–H and O–H groups in total. The SMILES string of the molecule is Cc1cc(F)c(F)cc1C(=O)Nc1cc(C(=O)NCc2ccc(Cl)nc2)[nH]n1.[Na]. The zero-order valence-electron chi connectivity index (χ0n) is 15.5. The Bertz CT molecular complexity index is 1040. The smallest absolute Gasteiger partial charge is 0.269 e. The summed E-state index contributed by atoms with van der Waals surface area (Å²) in [5.41, 5.74) is 1.09. The summed E-state index contributed by atoms with van der Waals surface area (Å²) in [4.78, 5) is 28.3. The van der Waals surface area contributed by atoms with E-state index < -0.39 is 23.4 Å². The first-order chi connectivity index (χ1) is 13.3. The number of hydrogen-bond donors (Lipinski definition) is 3. The van der Waals surface area contributed by atoms with E-state index in [-0.39, 0.29) is 58.7 Å². The number of benzene rings is 1. The molecule has 0 unspecified atom stereocenters. The zero-order chi connectivity index (χ0) is 20.3. The number of aromatic nitrogens is 3. The van der Waals surface area contributed by atoms with E-state index in [9.17, 15) is 18.4 Å². The van der Waals surface area contributed by atoms with E-state index in [2.05, 4.69) is 25.8 Å². The fourth-order valence-corrected chi connectivity index (χ4v) is 2.48. The Morgan fingerprint density at radius 3 is 2.55 bits per heavy atom. The van der Waals surface area contributed by atoms with Gasteiger partial charge in [-0.15, -0.1) is 0 Å². The van der Waals surface area contributed by atoms with Crippen LogP contribution in [0.1, 0.15) is 32.0 Å². The molecule has 11 heteroatoms. The van der Waals surface area contributed by atoms with Gasteiger partial charge in [-0.3, -0.25) is 14.7 Å². The summed E-state index contributed by atoms with van der Waals surface area (Å²) >= 11 is 5.70. The van der Waals surface area contributed by atoms with Gasteiger partial charge in [0.25, 0.3) is 11.8 Å². The quantitative estimate of drug-likeness (QED) is 0.430. The van der Waals surface area contributed by atoms with E-state index >= 15 is 0 Å². The van der Waals surface area contributed by atoms with Crippen LogP contribution >= 0.6 is 11.6 Å². The predicted molar refractivity (Wildman–Crippen MR) is 104 cm³/mol. The molecule has 0 aliphatic heterocycles. The topological polar surface area (TPSA) is 99.8 Å². The average Bonchev–Trinajstić information content (AvgIpc) is 3.12. The molecule has 2 amide bonds. The standard InChI is InChI=1S/C18H14ClF2N5O2.Na/c1-9-4-12(20)13(21)5-11(9)17(27)24-16-6-14(25-26-16)18(28)23-8-10-2-3-15(19)22-7-10;/h2-7H,8H2,1H3,(H,23,28)(H2,24,25,26,27);. The second-order valence-corrected chi connectivity index (χ2v) is 6.26. The number of pyridine rings is 1. The Morgan fingerprint density at radius 1 is 1.14 bits per heavy atom. The molecule has 0 aliphatic carbocycles. The van der Waals surface area contributed by atoms with Gasteiger partial charge in [-0.2, -0.15) is 5.10 Å². The number of hydrogen-bond acceptors (Lipinski definition) is 4. The molecule has 0 atom stereocenters. The molecular formula is C18H14ClF2N5NaO2. The molecule has 1 aromatic carbocycles. The Morgan fingerprint density at radius 2 is 1.86 bits per heavy atom. The Balaban J connectivity index is 0.00000300. The fraction of sp³-hybridized carbons (Fsp3) is 0.111. The van der Waals surface area contributed by atoms with Crippen LogP contribution in [-0.4, -0.2) is 56.6 Å². The molecule has 0 fully saturated rings. The van der Waals surface area contributed by atoms with Gasteiger partial charge in [0.15, 0.2) is 17.5 Å². The van der Waals surface area contributed by atoms with Crippen molar-refractivity contribution in [1.82, 2.24) is 20.5 Å². The number of aryl methyl sites for hydroxylation is 1. The van der Waals surface area contributed by atoms with Gasteiger partial charge in [0.1, 0.15) is 10.8 Å². The van der Waals surface area contributed by atoms with Crippen LogP contribution in [0.2, 0.25) is 5.15 Å². The summed E-state index contributed by atoms with van der Waals surface area (Å²) in [7, 11) is 0. The van der Waals surface area contributed by atoms with Crippen molar-refractivity contribution in [1.29, 1.82) is 0 Å². The number of anilines is 1. The van der Waals surface area contributed by atoms with Crippen LogP contribution < -0.4 is 10.6 Å². The summed E-state index contributed by atoms with van der Waals surface area (Å²) in [6.07, 6.45) is 1.53.